The van der Waals surface area contributed by atoms with Gasteiger partial charge in [0.1, 0.15) is 11.0 Å². The van der Waals surface area contributed by atoms with Crippen molar-refractivity contribution in [2.45, 2.75) is 30.4 Å². The molecule has 6 heteroatoms. The lowest BCUT2D eigenvalue weighted by Gasteiger charge is -2.36. The fourth-order valence-corrected chi connectivity index (χ4v) is 5.96. The molecule has 0 spiro atoms. The Hall–Kier alpha value is -1.43. The number of nitrogens with zero attached hydrogens (tertiary/aromatic N) is 1. The summed E-state index contributed by atoms with van der Waals surface area (Å²) in [4.78, 5) is 10.6. The van der Waals surface area contributed by atoms with Crippen LogP contribution in [-0.2, 0) is 11.0 Å². The summed E-state index contributed by atoms with van der Waals surface area (Å²) in [5.41, 5.74) is 1.96. The second-order valence-electron chi connectivity index (χ2n) is 5.75. The molecule has 3 aliphatic rings. The van der Waals surface area contributed by atoms with Gasteiger partial charge in [0.2, 0.25) is 0 Å². The monoisotopic (exact) mass is 278 g/mol. The maximum Gasteiger partial charge on any atom is 0.269 e. The van der Waals surface area contributed by atoms with E-state index < -0.39 is 11.0 Å². The van der Waals surface area contributed by atoms with Crippen LogP contribution in [0.5, 0.6) is 0 Å². The molecule has 19 heavy (non-hydrogen) atoms. The van der Waals surface area contributed by atoms with E-state index in [0.29, 0.717) is 11.8 Å². The number of nitro benzene ring substituents is 1. The van der Waals surface area contributed by atoms with Gasteiger partial charge in [-0.3, -0.25) is 10.1 Å². The molecule has 0 unspecified atom stereocenters. The predicted molar refractivity (Wildman–Crippen MR) is 72.2 cm³/mol. The lowest BCUT2D eigenvalue weighted by Crippen LogP contribution is -2.37. The largest absolute Gasteiger partial charge is 0.305 e. The minimum atomic E-state index is -1.04. The minimum absolute atomic E-state index is 0.134. The summed E-state index contributed by atoms with van der Waals surface area (Å²) in [5.74, 6) is 1.33. The SMILES string of the molecule is O=[N+]([O-])c1ccc2c(c1)[C@@H]1[C@@H]3CC[C@@H](C3)[C@@H]1[S@](=O)N2. The second-order valence-corrected chi connectivity index (χ2v) is 7.10. The third kappa shape index (κ3) is 1.49. The number of benzene rings is 1. The molecule has 0 aromatic heterocycles. The molecule has 0 radical (unpaired) electrons. The predicted octanol–water partition coefficient (Wildman–Crippen LogP) is 2.57. The first kappa shape index (κ1) is 11.4. The highest BCUT2D eigenvalue weighted by Crippen LogP contribution is 2.58. The van der Waals surface area contributed by atoms with Crippen LogP contribution in [-0.4, -0.2) is 14.4 Å². The highest BCUT2D eigenvalue weighted by molar-refractivity contribution is 7.87. The molecule has 2 saturated carbocycles. The second kappa shape index (κ2) is 3.79. The van der Waals surface area contributed by atoms with Gasteiger partial charge in [0.05, 0.1) is 15.9 Å². The van der Waals surface area contributed by atoms with Gasteiger partial charge >= 0.3 is 0 Å². The number of nitro groups is 1. The standard InChI is InChI=1S/C13H14N2O3S/c16-15(17)9-3-4-11-10(6-9)12-7-1-2-8(5-7)13(12)19(18)14-11/h3-4,6-8,12-14H,1-2,5H2/t7-,8+,12+,13+,19+/m1/s1. The molecule has 5 atom stereocenters. The third-order valence-corrected chi connectivity index (χ3v) is 6.50. The van der Waals surface area contributed by atoms with Crippen LogP contribution in [0.3, 0.4) is 0 Å². The van der Waals surface area contributed by atoms with Crippen molar-refractivity contribution in [1.82, 2.24) is 0 Å². The summed E-state index contributed by atoms with van der Waals surface area (Å²) >= 11 is 0. The van der Waals surface area contributed by atoms with Crippen LogP contribution < -0.4 is 4.72 Å². The summed E-state index contributed by atoms with van der Waals surface area (Å²) in [6, 6.07) is 4.86. The van der Waals surface area contributed by atoms with Gasteiger partial charge in [0, 0.05) is 18.1 Å². The quantitative estimate of drug-likeness (QED) is 0.634. The molecule has 0 amide bonds. The van der Waals surface area contributed by atoms with Crippen molar-refractivity contribution in [1.29, 1.82) is 0 Å². The lowest BCUT2D eigenvalue weighted by molar-refractivity contribution is -0.384. The maximum atomic E-state index is 12.3. The topological polar surface area (TPSA) is 72.2 Å². The Labute approximate surface area is 113 Å². The number of hydrogen-bond acceptors (Lipinski definition) is 3. The van der Waals surface area contributed by atoms with Crippen molar-refractivity contribution in [3.05, 3.63) is 33.9 Å². The van der Waals surface area contributed by atoms with Gasteiger partial charge in [0.25, 0.3) is 5.69 Å². The third-order valence-electron chi connectivity index (χ3n) is 4.90. The Kier molecular flexibility index (Phi) is 2.27. The molecule has 2 fully saturated rings. The molecular formula is C13H14N2O3S. The van der Waals surface area contributed by atoms with E-state index in [-0.39, 0.29) is 21.8 Å². The molecule has 4 rings (SSSR count). The zero-order chi connectivity index (χ0) is 13.1. The molecule has 100 valence electrons. The smallest absolute Gasteiger partial charge is 0.269 e. The average Bonchev–Trinajstić information content (AvgIpc) is 2.99. The number of non-ortho nitro benzene ring substituents is 1. The van der Waals surface area contributed by atoms with E-state index in [9.17, 15) is 14.3 Å². The average molecular weight is 278 g/mol. The highest BCUT2D eigenvalue weighted by Gasteiger charge is 2.53. The van der Waals surface area contributed by atoms with E-state index in [1.165, 1.54) is 12.5 Å². The summed E-state index contributed by atoms with van der Waals surface area (Å²) in [6.45, 7) is 0. The Morgan fingerprint density at radius 2 is 2.11 bits per heavy atom. The molecule has 5 nitrogen and oxygen atoms in total. The van der Waals surface area contributed by atoms with Crippen LogP contribution in [0, 0.1) is 22.0 Å². The Balaban J connectivity index is 1.85. The van der Waals surface area contributed by atoms with Crippen molar-refractivity contribution in [3.8, 4) is 0 Å². The van der Waals surface area contributed by atoms with E-state index in [4.69, 9.17) is 0 Å². The van der Waals surface area contributed by atoms with Crippen LogP contribution >= 0.6 is 0 Å². The molecule has 0 saturated heterocycles. The molecule has 1 N–H and O–H groups in total. The van der Waals surface area contributed by atoms with Crippen LogP contribution in [0.4, 0.5) is 11.4 Å². The number of hydrogen-bond donors (Lipinski definition) is 1. The molecular weight excluding hydrogens is 264 g/mol. The van der Waals surface area contributed by atoms with Gasteiger partial charge in [-0.1, -0.05) is 0 Å². The van der Waals surface area contributed by atoms with Crippen LogP contribution in [0.15, 0.2) is 18.2 Å². The fourth-order valence-electron chi connectivity index (χ4n) is 4.19. The van der Waals surface area contributed by atoms with E-state index >= 15 is 0 Å². The normalized spacial score (nSPS) is 38.4. The van der Waals surface area contributed by atoms with Gasteiger partial charge < -0.3 is 4.72 Å². The molecule has 1 heterocycles. The maximum absolute atomic E-state index is 12.3. The fraction of sp³-hybridized carbons (Fsp3) is 0.538. The summed E-state index contributed by atoms with van der Waals surface area (Å²) in [6.07, 6.45) is 3.46. The molecule has 1 aliphatic heterocycles. The Morgan fingerprint density at radius 3 is 2.89 bits per heavy atom. The van der Waals surface area contributed by atoms with Crippen molar-refractivity contribution in [2.75, 3.05) is 4.72 Å². The van der Waals surface area contributed by atoms with E-state index in [0.717, 1.165) is 24.1 Å². The summed E-state index contributed by atoms with van der Waals surface area (Å²) in [5, 5.41) is 11.1. The van der Waals surface area contributed by atoms with Gasteiger partial charge in [-0.2, -0.15) is 0 Å². The van der Waals surface area contributed by atoms with Crippen LogP contribution in [0.1, 0.15) is 30.7 Å². The number of fused-ring (bicyclic) bond motifs is 7. The Bertz CT molecular complexity index is 604. The number of rotatable bonds is 1. The number of anilines is 1. The van der Waals surface area contributed by atoms with Crippen molar-refractivity contribution in [3.63, 3.8) is 0 Å². The molecule has 2 aliphatic carbocycles. The van der Waals surface area contributed by atoms with Crippen molar-refractivity contribution >= 4 is 22.4 Å². The highest BCUT2D eigenvalue weighted by atomic mass is 32.2. The Morgan fingerprint density at radius 1 is 1.32 bits per heavy atom. The summed E-state index contributed by atoms with van der Waals surface area (Å²) < 4.78 is 15.3. The molecule has 2 bridgehead atoms. The van der Waals surface area contributed by atoms with E-state index in [2.05, 4.69) is 4.72 Å². The summed E-state index contributed by atoms with van der Waals surface area (Å²) in [7, 11) is -1.04. The first-order valence-corrected chi connectivity index (χ1v) is 7.82. The van der Waals surface area contributed by atoms with Gasteiger partial charge in [0.15, 0.2) is 0 Å². The van der Waals surface area contributed by atoms with Crippen molar-refractivity contribution < 1.29 is 9.13 Å². The van der Waals surface area contributed by atoms with E-state index in [1.807, 2.05) is 0 Å². The van der Waals surface area contributed by atoms with Crippen molar-refractivity contribution in [2.24, 2.45) is 11.8 Å². The number of nitrogens with one attached hydrogen (secondary N) is 1. The van der Waals surface area contributed by atoms with Gasteiger partial charge in [-0.05, 0) is 42.7 Å². The van der Waals surface area contributed by atoms with Crippen LogP contribution in [0.25, 0.3) is 0 Å². The van der Waals surface area contributed by atoms with E-state index in [1.54, 1.807) is 12.1 Å². The zero-order valence-electron chi connectivity index (χ0n) is 10.2. The first-order chi connectivity index (χ1) is 9.15. The van der Waals surface area contributed by atoms with Gasteiger partial charge in [-0.25, -0.2) is 4.21 Å². The minimum Gasteiger partial charge on any atom is -0.305 e. The lowest BCUT2D eigenvalue weighted by atomic mass is 9.82. The van der Waals surface area contributed by atoms with Gasteiger partial charge in [-0.15, -0.1) is 0 Å². The first-order valence-electron chi connectivity index (χ1n) is 6.60. The molecule has 1 aromatic carbocycles. The molecule has 1 aromatic rings. The van der Waals surface area contributed by atoms with Crippen LogP contribution in [0.2, 0.25) is 0 Å². The zero-order valence-corrected chi connectivity index (χ0v) is 11.1.